The summed E-state index contributed by atoms with van der Waals surface area (Å²) in [6.45, 7) is 5.42. The monoisotopic (exact) mass is 401 g/mol. The maximum atomic E-state index is 12.4. The number of hydrogen-bond donors (Lipinski definition) is 2. The number of likely N-dealkylation sites (tertiary alicyclic amines) is 1. The van der Waals surface area contributed by atoms with Crippen molar-refractivity contribution < 1.29 is 14.3 Å². The second-order valence-corrected chi connectivity index (χ2v) is 7.49. The van der Waals surface area contributed by atoms with Gasteiger partial charge in [0.2, 0.25) is 5.91 Å². The van der Waals surface area contributed by atoms with E-state index in [4.69, 9.17) is 10.5 Å². The summed E-state index contributed by atoms with van der Waals surface area (Å²) in [7, 11) is 0. The van der Waals surface area contributed by atoms with E-state index in [2.05, 4.69) is 22.4 Å². The van der Waals surface area contributed by atoms with Gasteiger partial charge in [-0.1, -0.05) is 24.3 Å². The molecule has 8 nitrogen and oxygen atoms in total. The van der Waals surface area contributed by atoms with Crippen LogP contribution in [0.3, 0.4) is 0 Å². The van der Waals surface area contributed by atoms with Crippen molar-refractivity contribution in [3.8, 4) is 0 Å². The predicted octanol–water partition coefficient (Wildman–Crippen LogP) is 1.83. The molecule has 0 atom stereocenters. The molecule has 1 fully saturated rings. The lowest BCUT2D eigenvalue weighted by Crippen LogP contribution is -2.48. The summed E-state index contributed by atoms with van der Waals surface area (Å²) < 4.78 is 5.02. The fourth-order valence-corrected chi connectivity index (χ4v) is 3.77. The Morgan fingerprint density at radius 1 is 1.17 bits per heavy atom. The van der Waals surface area contributed by atoms with Crippen LogP contribution in [0.25, 0.3) is 0 Å². The summed E-state index contributed by atoms with van der Waals surface area (Å²) in [5.41, 5.74) is 8.46. The molecular weight excluding hydrogens is 370 g/mol. The molecule has 3 N–H and O–H groups in total. The zero-order valence-corrected chi connectivity index (χ0v) is 17.1. The van der Waals surface area contributed by atoms with Gasteiger partial charge in [-0.2, -0.15) is 0 Å². The van der Waals surface area contributed by atoms with Crippen LogP contribution in [0.4, 0.5) is 4.79 Å². The molecule has 0 aromatic heterocycles. The highest BCUT2D eigenvalue weighted by Gasteiger charge is 2.24. The molecule has 2 aliphatic rings. The van der Waals surface area contributed by atoms with E-state index >= 15 is 0 Å². The average Bonchev–Trinajstić information content (AvgIpc) is 3.16. The Bertz CT molecular complexity index is 719. The molecular formula is C21H31N5O3. The molecule has 8 heteroatoms. The zero-order chi connectivity index (χ0) is 20.6. The molecule has 3 rings (SSSR count). The molecule has 2 aliphatic heterocycles. The number of aliphatic imine (C=N–C) groups is 1. The third kappa shape index (κ3) is 5.85. The number of carbonyl (C=O) groups is 2. The summed E-state index contributed by atoms with van der Waals surface area (Å²) >= 11 is 0. The van der Waals surface area contributed by atoms with E-state index in [0.29, 0.717) is 58.1 Å². The van der Waals surface area contributed by atoms with Crippen LogP contribution >= 0.6 is 0 Å². The van der Waals surface area contributed by atoms with Crippen LogP contribution in [-0.4, -0.2) is 60.0 Å². The van der Waals surface area contributed by atoms with Gasteiger partial charge in [0, 0.05) is 45.2 Å². The largest absolute Gasteiger partial charge is 0.450 e. The number of carbonyl (C=O) groups excluding carboxylic acids is 2. The van der Waals surface area contributed by atoms with Crippen LogP contribution in [0.1, 0.15) is 43.7 Å². The van der Waals surface area contributed by atoms with Crippen molar-refractivity contribution in [1.29, 1.82) is 0 Å². The Morgan fingerprint density at radius 3 is 2.45 bits per heavy atom. The van der Waals surface area contributed by atoms with Gasteiger partial charge < -0.3 is 25.6 Å². The average molecular weight is 402 g/mol. The molecule has 158 valence electrons. The van der Waals surface area contributed by atoms with Gasteiger partial charge in [-0.3, -0.25) is 9.79 Å². The van der Waals surface area contributed by atoms with Crippen LogP contribution in [0.2, 0.25) is 0 Å². The minimum absolute atomic E-state index is 0.161. The molecule has 2 heterocycles. The number of nitrogens with two attached hydrogens (primary N) is 1. The molecule has 0 unspecified atom stereocenters. The van der Waals surface area contributed by atoms with E-state index in [1.165, 1.54) is 11.1 Å². The lowest BCUT2D eigenvalue weighted by Gasteiger charge is -2.31. The number of amides is 2. The fourth-order valence-electron chi connectivity index (χ4n) is 3.77. The molecule has 0 aliphatic carbocycles. The summed E-state index contributed by atoms with van der Waals surface area (Å²) in [4.78, 5) is 32.1. The SMILES string of the molecule is CCOC(=O)N1CCC(NC(N)=NCCCC(=O)N2Cc3ccccc3C2)CC1. The molecule has 1 aromatic carbocycles. The molecule has 0 saturated carbocycles. The van der Waals surface area contributed by atoms with Crippen molar-refractivity contribution in [3.05, 3.63) is 35.4 Å². The van der Waals surface area contributed by atoms with E-state index in [1.807, 2.05) is 17.0 Å². The first-order valence-electron chi connectivity index (χ1n) is 10.4. The Balaban J connectivity index is 1.32. The third-order valence-electron chi connectivity index (χ3n) is 5.40. The van der Waals surface area contributed by atoms with Gasteiger partial charge >= 0.3 is 6.09 Å². The van der Waals surface area contributed by atoms with Crippen molar-refractivity contribution in [2.45, 2.75) is 51.7 Å². The van der Waals surface area contributed by atoms with Gasteiger partial charge in [0.25, 0.3) is 0 Å². The fraction of sp³-hybridized carbons (Fsp3) is 0.571. The highest BCUT2D eigenvalue weighted by atomic mass is 16.6. The Labute approximate surface area is 172 Å². The number of nitrogens with one attached hydrogen (secondary N) is 1. The second-order valence-electron chi connectivity index (χ2n) is 7.49. The molecule has 2 amide bonds. The molecule has 1 aromatic rings. The summed E-state index contributed by atoms with van der Waals surface area (Å²) in [6.07, 6.45) is 2.52. The number of fused-ring (bicyclic) bond motifs is 1. The Kier molecular flexibility index (Phi) is 7.32. The first-order valence-corrected chi connectivity index (χ1v) is 10.4. The minimum atomic E-state index is -0.252. The van der Waals surface area contributed by atoms with Crippen molar-refractivity contribution in [3.63, 3.8) is 0 Å². The Morgan fingerprint density at radius 2 is 1.83 bits per heavy atom. The predicted molar refractivity (Wildman–Crippen MR) is 111 cm³/mol. The van der Waals surface area contributed by atoms with Crippen LogP contribution in [-0.2, 0) is 22.6 Å². The van der Waals surface area contributed by atoms with Gasteiger partial charge in [0.05, 0.1) is 6.61 Å². The smallest absolute Gasteiger partial charge is 0.409 e. The van der Waals surface area contributed by atoms with Crippen molar-refractivity contribution >= 4 is 18.0 Å². The van der Waals surface area contributed by atoms with Gasteiger partial charge in [0.15, 0.2) is 5.96 Å². The van der Waals surface area contributed by atoms with Gasteiger partial charge in [-0.25, -0.2) is 4.79 Å². The van der Waals surface area contributed by atoms with E-state index in [9.17, 15) is 9.59 Å². The first kappa shape index (κ1) is 21.0. The summed E-state index contributed by atoms with van der Waals surface area (Å²) in [5, 5.41) is 3.22. The highest BCUT2D eigenvalue weighted by Crippen LogP contribution is 2.22. The lowest BCUT2D eigenvalue weighted by atomic mass is 10.1. The molecule has 0 spiro atoms. The number of rotatable bonds is 6. The van der Waals surface area contributed by atoms with E-state index in [1.54, 1.807) is 11.8 Å². The number of piperidine rings is 1. The second kappa shape index (κ2) is 10.1. The van der Waals surface area contributed by atoms with E-state index in [0.717, 1.165) is 12.8 Å². The summed E-state index contributed by atoms with van der Waals surface area (Å²) in [6, 6.07) is 8.39. The van der Waals surface area contributed by atoms with Crippen molar-refractivity contribution in [1.82, 2.24) is 15.1 Å². The normalized spacial score (nSPS) is 17.2. The zero-order valence-electron chi connectivity index (χ0n) is 17.1. The minimum Gasteiger partial charge on any atom is -0.450 e. The maximum Gasteiger partial charge on any atom is 0.409 e. The van der Waals surface area contributed by atoms with Crippen LogP contribution in [0.15, 0.2) is 29.3 Å². The van der Waals surface area contributed by atoms with Gasteiger partial charge in [0.1, 0.15) is 0 Å². The van der Waals surface area contributed by atoms with Crippen LogP contribution in [0, 0.1) is 0 Å². The van der Waals surface area contributed by atoms with Crippen molar-refractivity contribution in [2.24, 2.45) is 10.7 Å². The number of hydrogen-bond acceptors (Lipinski definition) is 4. The molecule has 0 bridgehead atoms. The van der Waals surface area contributed by atoms with Crippen LogP contribution in [0.5, 0.6) is 0 Å². The number of nitrogens with zero attached hydrogens (tertiary/aromatic N) is 3. The maximum absolute atomic E-state index is 12.4. The lowest BCUT2D eigenvalue weighted by molar-refractivity contribution is -0.131. The highest BCUT2D eigenvalue weighted by molar-refractivity contribution is 5.78. The standard InChI is InChI=1S/C21H31N5O3/c1-2-29-21(28)25-12-9-18(10-13-25)24-20(22)23-11-5-8-19(27)26-14-16-6-3-4-7-17(16)15-26/h3-4,6-7,18H,2,5,8-15H2,1H3,(H3,22,23,24). The van der Waals surface area contributed by atoms with E-state index < -0.39 is 0 Å². The molecule has 1 saturated heterocycles. The number of guanidine groups is 1. The van der Waals surface area contributed by atoms with Crippen molar-refractivity contribution in [2.75, 3.05) is 26.2 Å². The number of benzene rings is 1. The summed E-state index contributed by atoms with van der Waals surface area (Å²) in [5.74, 6) is 0.565. The van der Waals surface area contributed by atoms with E-state index in [-0.39, 0.29) is 18.0 Å². The van der Waals surface area contributed by atoms with Crippen LogP contribution < -0.4 is 11.1 Å². The quantitative estimate of drug-likeness (QED) is 0.430. The molecule has 0 radical (unpaired) electrons. The van der Waals surface area contributed by atoms with Gasteiger partial charge in [-0.15, -0.1) is 0 Å². The van der Waals surface area contributed by atoms with Gasteiger partial charge in [-0.05, 0) is 37.3 Å². The Hall–Kier alpha value is -2.77. The number of ether oxygens (including phenoxy) is 1. The first-order chi connectivity index (χ1) is 14.1. The topological polar surface area (TPSA) is 100 Å². The third-order valence-corrected chi connectivity index (χ3v) is 5.40. The molecule has 29 heavy (non-hydrogen) atoms.